The summed E-state index contributed by atoms with van der Waals surface area (Å²) in [5, 5.41) is 8.73. The molecule has 1 rings (SSSR count). The van der Waals surface area contributed by atoms with E-state index in [1.54, 1.807) is 11.9 Å². The van der Waals surface area contributed by atoms with Crippen molar-refractivity contribution in [3.8, 4) is 6.07 Å². The summed E-state index contributed by atoms with van der Waals surface area (Å²) < 4.78 is 0. The van der Waals surface area contributed by atoms with Gasteiger partial charge in [-0.05, 0) is 6.92 Å². The summed E-state index contributed by atoms with van der Waals surface area (Å²) >= 11 is 5.78. The smallest absolute Gasteiger partial charge is 0.156 e. The van der Waals surface area contributed by atoms with Gasteiger partial charge in [-0.15, -0.1) is 0 Å². The predicted octanol–water partition coefficient (Wildman–Crippen LogP) is 1.68. The van der Waals surface area contributed by atoms with Crippen LogP contribution in [0.2, 0.25) is 5.15 Å². The molecule has 1 aromatic rings. The molecule has 0 saturated carbocycles. The molecule has 0 N–H and O–H groups in total. The van der Waals surface area contributed by atoms with E-state index in [0.717, 1.165) is 0 Å². The minimum atomic E-state index is -0.0466. The number of hydrogen-bond acceptors (Lipinski definition) is 5. The largest absolute Gasteiger partial charge is 0.355 e. The van der Waals surface area contributed by atoms with Crippen LogP contribution in [0.5, 0.6) is 0 Å². The number of rotatable bonds is 4. The van der Waals surface area contributed by atoms with Crippen molar-refractivity contribution in [2.45, 2.75) is 19.4 Å². The van der Waals surface area contributed by atoms with Gasteiger partial charge in [-0.3, -0.25) is 4.79 Å². The second-order valence-corrected chi connectivity index (χ2v) is 3.70. The highest BCUT2D eigenvalue weighted by Gasteiger charge is 2.17. The van der Waals surface area contributed by atoms with Crippen LogP contribution in [0.25, 0.3) is 0 Å². The van der Waals surface area contributed by atoms with Gasteiger partial charge < -0.3 is 4.90 Å². The third-order valence-corrected chi connectivity index (χ3v) is 2.62. The van der Waals surface area contributed by atoms with Gasteiger partial charge in [-0.1, -0.05) is 11.6 Å². The molecule has 0 aliphatic carbocycles. The molecule has 0 aromatic carbocycles. The Balaban J connectivity index is 3.08. The normalized spacial score (nSPS) is 11.6. The summed E-state index contributed by atoms with van der Waals surface area (Å²) in [7, 11) is 1.76. The van der Waals surface area contributed by atoms with Crippen molar-refractivity contribution in [1.82, 2.24) is 9.97 Å². The number of halogens is 1. The summed E-state index contributed by atoms with van der Waals surface area (Å²) in [5.74, 6) is 0.442. The average Bonchev–Trinajstić information content (AvgIpc) is 2.28. The Kier molecular flexibility index (Phi) is 4.20. The second-order valence-electron chi connectivity index (χ2n) is 3.34. The van der Waals surface area contributed by atoms with Gasteiger partial charge in [0, 0.05) is 13.1 Å². The van der Waals surface area contributed by atoms with E-state index in [2.05, 4.69) is 16.0 Å². The van der Waals surface area contributed by atoms with Crippen LogP contribution in [0.4, 0.5) is 5.82 Å². The van der Waals surface area contributed by atoms with Crippen molar-refractivity contribution >= 4 is 23.7 Å². The molecule has 1 aromatic heterocycles. The molecule has 0 amide bonds. The monoisotopic (exact) mass is 238 g/mol. The van der Waals surface area contributed by atoms with Crippen molar-refractivity contribution in [3.05, 3.63) is 17.0 Å². The lowest BCUT2D eigenvalue weighted by atomic mass is 10.2. The zero-order valence-corrected chi connectivity index (χ0v) is 9.77. The molecule has 16 heavy (non-hydrogen) atoms. The zero-order valence-electron chi connectivity index (χ0n) is 9.01. The Morgan fingerprint density at radius 1 is 1.69 bits per heavy atom. The second kappa shape index (κ2) is 5.42. The van der Waals surface area contributed by atoms with E-state index in [0.29, 0.717) is 18.5 Å². The molecule has 84 valence electrons. The van der Waals surface area contributed by atoms with Crippen molar-refractivity contribution in [3.63, 3.8) is 0 Å². The topological polar surface area (TPSA) is 69.9 Å². The van der Waals surface area contributed by atoms with Gasteiger partial charge in [-0.25, -0.2) is 9.97 Å². The van der Waals surface area contributed by atoms with Crippen LogP contribution in [0.3, 0.4) is 0 Å². The fourth-order valence-corrected chi connectivity index (χ4v) is 1.40. The molecular formula is C10H11ClN4O. The molecule has 6 heteroatoms. The molecule has 0 fully saturated rings. The van der Waals surface area contributed by atoms with Crippen molar-refractivity contribution in [1.29, 1.82) is 5.26 Å². The van der Waals surface area contributed by atoms with E-state index in [4.69, 9.17) is 16.9 Å². The highest BCUT2D eigenvalue weighted by molar-refractivity contribution is 6.32. The van der Waals surface area contributed by atoms with E-state index in [9.17, 15) is 4.79 Å². The molecule has 1 unspecified atom stereocenters. The highest BCUT2D eigenvalue weighted by Crippen LogP contribution is 2.22. The van der Waals surface area contributed by atoms with E-state index in [1.165, 1.54) is 6.33 Å². The quantitative estimate of drug-likeness (QED) is 0.590. The van der Waals surface area contributed by atoms with Crippen LogP contribution in [-0.2, 0) is 0 Å². The number of aldehydes is 1. The Bertz CT molecular complexity index is 429. The Morgan fingerprint density at radius 3 is 2.94 bits per heavy atom. The number of carbonyl (C=O) groups excluding carboxylic acids is 1. The molecule has 0 bridgehead atoms. The van der Waals surface area contributed by atoms with Gasteiger partial charge in [0.1, 0.15) is 17.3 Å². The Labute approximate surface area is 98.7 Å². The first kappa shape index (κ1) is 12.4. The minimum absolute atomic E-state index is 0.0466. The van der Waals surface area contributed by atoms with Gasteiger partial charge in [0.25, 0.3) is 0 Å². The molecule has 0 saturated heterocycles. The number of carbonyl (C=O) groups is 1. The van der Waals surface area contributed by atoms with Crippen LogP contribution in [-0.4, -0.2) is 29.3 Å². The first-order valence-electron chi connectivity index (χ1n) is 4.67. The molecule has 0 aliphatic rings. The van der Waals surface area contributed by atoms with Gasteiger partial charge in [0.15, 0.2) is 6.29 Å². The fourth-order valence-electron chi connectivity index (χ4n) is 1.23. The number of nitriles is 1. The summed E-state index contributed by atoms with van der Waals surface area (Å²) in [6.07, 6.45) is 2.25. The van der Waals surface area contributed by atoms with Crippen LogP contribution in [0, 0.1) is 11.3 Å². The van der Waals surface area contributed by atoms with E-state index >= 15 is 0 Å². The summed E-state index contributed by atoms with van der Waals surface area (Å²) in [6.45, 7) is 1.87. The maximum Gasteiger partial charge on any atom is 0.156 e. The van der Waals surface area contributed by atoms with Crippen molar-refractivity contribution in [2.75, 3.05) is 11.9 Å². The van der Waals surface area contributed by atoms with Gasteiger partial charge in [0.2, 0.25) is 0 Å². The van der Waals surface area contributed by atoms with Gasteiger partial charge >= 0.3 is 0 Å². The zero-order chi connectivity index (χ0) is 12.1. The summed E-state index contributed by atoms with van der Waals surface area (Å²) in [6, 6.07) is 2.02. The van der Waals surface area contributed by atoms with Crippen molar-refractivity contribution in [2.24, 2.45) is 0 Å². The molecule has 1 heterocycles. The van der Waals surface area contributed by atoms with Crippen LogP contribution >= 0.6 is 11.6 Å². The van der Waals surface area contributed by atoms with Crippen LogP contribution in [0.15, 0.2) is 6.33 Å². The number of anilines is 1. The van der Waals surface area contributed by atoms with E-state index in [1.807, 2.05) is 6.92 Å². The number of hydrogen-bond donors (Lipinski definition) is 0. The predicted molar refractivity (Wildman–Crippen MR) is 60.5 cm³/mol. The third-order valence-electron chi connectivity index (χ3n) is 2.31. The SMILES string of the molecule is CC(CC#N)N(C)c1ncnc(Cl)c1C=O. The minimum Gasteiger partial charge on any atom is -0.355 e. The lowest BCUT2D eigenvalue weighted by Gasteiger charge is -2.24. The van der Waals surface area contributed by atoms with E-state index < -0.39 is 0 Å². The first-order valence-corrected chi connectivity index (χ1v) is 5.05. The molecule has 1 atom stereocenters. The van der Waals surface area contributed by atoms with Crippen LogP contribution in [0.1, 0.15) is 23.7 Å². The lowest BCUT2D eigenvalue weighted by Crippen LogP contribution is -2.30. The van der Waals surface area contributed by atoms with Gasteiger partial charge in [0.05, 0.1) is 18.1 Å². The maximum absolute atomic E-state index is 10.9. The Morgan fingerprint density at radius 2 is 2.38 bits per heavy atom. The lowest BCUT2D eigenvalue weighted by molar-refractivity contribution is 0.112. The molecule has 5 nitrogen and oxygen atoms in total. The average molecular weight is 239 g/mol. The molecular weight excluding hydrogens is 228 g/mol. The van der Waals surface area contributed by atoms with Crippen LogP contribution < -0.4 is 4.90 Å². The summed E-state index contributed by atoms with van der Waals surface area (Å²) in [4.78, 5) is 20.3. The molecule has 0 radical (unpaired) electrons. The summed E-state index contributed by atoms with van der Waals surface area (Å²) in [5.41, 5.74) is 0.247. The third kappa shape index (κ3) is 2.47. The Hall–Kier alpha value is -1.67. The standard InChI is InChI=1S/C10H11ClN4O/c1-7(3-4-12)15(2)10-8(5-16)9(11)13-6-14-10/h5-7H,3H2,1-2H3. The maximum atomic E-state index is 10.9. The molecule has 0 spiro atoms. The first-order chi connectivity index (χ1) is 7.61. The van der Waals surface area contributed by atoms with E-state index in [-0.39, 0.29) is 16.8 Å². The molecule has 0 aliphatic heterocycles. The van der Waals surface area contributed by atoms with Crippen molar-refractivity contribution < 1.29 is 4.79 Å². The van der Waals surface area contributed by atoms with Gasteiger partial charge in [-0.2, -0.15) is 5.26 Å². The highest BCUT2D eigenvalue weighted by atomic mass is 35.5. The fraction of sp³-hybridized carbons (Fsp3) is 0.400. The number of nitrogens with zero attached hydrogens (tertiary/aromatic N) is 4. The number of aromatic nitrogens is 2.